The van der Waals surface area contributed by atoms with E-state index in [4.69, 9.17) is 19.9 Å². The van der Waals surface area contributed by atoms with Gasteiger partial charge in [-0.15, -0.1) is 0 Å². The number of rotatable bonds is 7. The van der Waals surface area contributed by atoms with E-state index in [1.807, 2.05) is 18.2 Å². The molecule has 0 amide bonds. The molecule has 1 aliphatic rings. The lowest BCUT2D eigenvalue weighted by atomic mass is 10.1. The number of nitrogens with two attached hydrogens (primary N) is 1. The molecule has 3 atom stereocenters. The van der Waals surface area contributed by atoms with Crippen molar-refractivity contribution in [2.45, 2.75) is 25.0 Å². The molecule has 2 rings (SSSR count). The zero-order chi connectivity index (χ0) is 15.2. The lowest BCUT2D eigenvalue weighted by Crippen LogP contribution is -2.24. The first-order chi connectivity index (χ1) is 10.1. The largest absolute Gasteiger partial charge is 0.497 e. The first-order valence-corrected chi connectivity index (χ1v) is 8.57. The van der Waals surface area contributed by atoms with Crippen LogP contribution in [-0.4, -0.2) is 42.6 Å². The fourth-order valence-corrected chi connectivity index (χ4v) is 3.86. The van der Waals surface area contributed by atoms with Crippen molar-refractivity contribution in [3.05, 3.63) is 23.8 Å². The fourth-order valence-electron chi connectivity index (χ4n) is 2.47. The molecule has 1 heterocycles. The van der Waals surface area contributed by atoms with Crippen LogP contribution < -0.4 is 15.2 Å². The summed E-state index contributed by atoms with van der Waals surface area (Å²) in [6, 6.07) is 5.12. The van der Waals surface area contributed by atoms with Crippen LogP contribution in [0.5, 0.6) is 11.5 Å². The van der Waals surface area contributed by atoms with Crippen LogP contribution >= 0.6 is 0 Å². The summed E-state index contributed by atoms with van der Waals surface area (Å²) in [7, 11) is 2.20. The number of ether oxygens (including phenoxy) is 3. The summed E-state index contributed by atoms with van der Waals surface area (Å²) in [6.45, 7) is 0.775. The average molecular weight is 313 g/mol. The summed E-state index contributed by atoms with van der Waals surface area (Å²) in [4.78, 5) is 0. The maximum absolute atomic E-state index is 12.2. The van der Waals surface area contributed by atoms with Crippen LogP contribution in [0.4, 0.5) is 0 Å². The monoisotopic (exact) mass is 313 g/mol. The number of benzene rings is 1. The Kier molecular flexibility index (Phi) is 6.02. The molecule has 1 aromatic carbocycles. The van der Waals surface area contributed by atoms with Gasteiger partial charge in [-0.3, -0.25) is 4.21 Å². The minimum atomic E-state index is -1.01. The fraction of sp³-hybridized carbons (Fsp3) is 0.600. The zero-order valence-electron chi connectivity index (χ0n) is 12.5. The third-order valence-corrected chi connectivity index (χ3v) is 5.07. The van der Waals surface area contributed by atoms with Gasteiger partial charge in [0.15, 0.2) is 0 Å². The van der Waals surface area contributed by atoms with E-state index >= 15 is 0 Å². The van der Waals surface area contributed by atoms with Crippen molar-refractivity contribution in [1.82, 2.24) is 0 Å². The summed E-state index contributed by atoms with van der Waals surface area (Å²) in [5.41, 5.74) is 7.02. The molecular weight excluding hydrogens is 290 g/mol. The van der Waals surface area contributed by atoms with Crippen molar-refractivity contribution in [2.75, 3.05) is 32.3 Å². The Morgan fingerprint density at radius 1 is 1.43 bits per heavy atom. The van der Waals surface area contributed by atoms with E-state index < -0.39 is 10.8 Å². The highest BCUT2D eigenvalue weighted by Gasteiger charge is 2.21. The van der Waals surface area contributed by atoms with Gasteiger partial charge in [-0.25, -0.2) is 0 Å². The number of hydrogen-bond donors (Lipinski definition) is 1. The summed E-state index contributed by atoms with van der Waals surface area (Å²) in [6.07, 6.45) is 2.16. The highest BCUT2D eigenvalue weighted by Crippen LogP contribution is 2.29. The molecule has 0 radical (unpaired) electrons. The minimum Gasteiger partial charge on any atom is -0.497 e. The number of methoxy groups -OCH3 is 2. The van der Waals surface area contributed by atoms with Crippen LogP contribution in [0.2, 0.25) is 0 Å². The molecular formula is C15H23NO4S. The molecule has 6 heteroatoms. The summed E-state index contributed by atoms with van der Waals surface area (Å²) >= 11 is 0. The molecule has 1 saturated heterocycles. The van der Waals surface area contributed by atoms with Gasteiger partial charge in [0.05, 0.1) is 20.3 Å². The SMILES string of the molecule is COc1ccc(OC)c(C(N)CS(=O)CC2CCCO2)c1. The molecule has 0 spiro atoms. The van der Waals surface area contributed by atoms with Gasteiger partial charge in [0, 0.05) is 40.5 Å². The molecule has 3 unspecified atom stereocenters. The van der Waals surface area contributed by atoms with Gasteiger partial charge >= 0.3 is 0 Å². The standard InChI is InChI=1S/C15H23NO4S/c1-18-11-5-6-15(19-2)13(8-11)14(16)10-21(17)9-12-4-3-7-20-12/h5-6,8,12,14H,3-4,7,9-10,16H2,1-2H3. The quantitative estimate of drug-likeness (QED) is 0.828. The van der Waals surface area contributed by atoms with Gasteiger partial charge in [0.1, 0.15) is 11.5 Å². The Bertz CT molecular complexity index is 489. The molecule has 5 nitrogen and oxygen atoms in total. The average Bonchev–Trinajstić information content (AvgIpc) is 2.99. The first-order valence-electron chi connectivity index (χ1n) is 7.08. The van der Waals surface area contributed by atoms with E-state index in [2.05, 4.69) is 0 Å². The normalized spacial score (nSPS) is 21.0. The molecule has 118 valence electrons. The second kappa shape index (κ2) is 7.77. The Labute approximate surface area is 128 Å². The molecule has 2 N–H and O–H groups in total. The molecule has 21 heavy (non-hydrogen) atoms. The van der Waals surface area contributed by atoms with Crippen molar-refractivity contribution in [3.63, 3.8) is 0 Å². The maximum atomic E-state index is 12.2. The van der Waals surface area contributed by atoms with Gasteiger partial charge in [0.2, 0.25) is 0 Å². The summed E-state index contributed by atoms with van der Waals surface area (Å²) < 4.78 is 28.3. The van der Waals surface area contributed by atoms with Crippen LogP contribution in [0.1, 0.15) is 24.4 Å². The lowest BCUT2D eigenvalue weighted by Gasteiger charge is -2.17. The minimum absolute atomic E-state index is 0.116. The molecule has 0 aromatic heterocycles. The van der Waals surface area contributed by atoms with Crippen molar-refractivity contribution < 1.29 is 18.4 Å². The Morgan fingerprint density at radius 3 is 2.86 bits per heavy atom. The van der Waals surface area contributed by atoms with Crippen molar-refractivity contribution in [3.8, 4) is 11.5 Å². The van der Waals surface area contributed by atoms with Gasteiger partial charge in [-0.2, -0.15) is 0 Å². The second-order valence-electron chi connectivity index (χ2n) is 5.12. The molecule has 0 bridgehead atoms. The van der Waals surface area contributed by atoms with Gasteiger partial charge in [-0.1, -0.05) is 0 Å². The van der Waals surface area contributed by atoms with Crippen LogP contribution in [-0.2, 0) is 15.5 Å². The van der Waals surface area contributed by atoms with Crippen LogP contribution in [0.25, 0.3) is 0 Å². The molecule has 0 aliphatic carbocycles. The van der Waals surface area contributed by atoms with E-state index in [0.717, 1.165) is 25.0 Å². The predicted molar refractivity (Wildman–Crippen MR) is 83.3 cm³/mol. The van der Waals surface area contributed by atoms with Crippen LogP contribution in [0.15, 0.2) is 18.2 Å². The van der Waals surface area contributed by atoms with E-state index in [1.54, 1.807) is 14.2 Å². The van der Waals surface area contributed by atoms with Crippen molar-refractivity contribution in [1.29, 1.82) is 0 Å². The topological polar surface area (TPSA) is 70.8 Å². The Morgan fingerprint density at radius 2 is 2.24 bits per heavy atom. The van der Waals surface area contributed by atoms with Gasteiger partial charge in [-0.05, 0) is 31.0 Å². The third-order valence-electron chi connectivity index (χ3n) is 3.60. The summed E-state index contributed by atoms with van der Waals surface area (Å²) in [5.74, 6) is 2.35. The van der Waals surface area contributed by atoms with E-state index in [9.17, 15) is 4.21 Å². The lowest BCUT2D eigenvalue weighted by molar-refractivity contribution is 0.128. The third kappa shape index (κ3) is 4.43. The highest BCUT2D eigenvalue weighted by atomic mass is 32.2. The highest BCUT2D eigenvalue weighted by molar-refractivity contribution is 7.85. The predicted octanol–water partition coefficient (Wildman–Crippen LogP) is 1.63. The van der Waals surface area contributed by atoms with E-state index in [0.29, 0.717) is 23.0 Å². The Balaban J connectivity index is 2.01. The first kappa shape index (κ1) is 16.3. The maximum Gasteiger partial charge on any atom is 0.123 e. The van der Waals surface area contributed by atoms with Gasteiger partial charge < -0.3 is 19.9 Å². The smallest absolute Gasteiger partial charge is 0.123 e. The summed E-state index contributed by atoms with van der Waals surface area (Å²) in [5, 5.41) is 0. The van der Waals surface area contributed by atoms with E-state index in [1.165, 1.54) is 0 Å². The van der Waals surface area contributed by atoms with Crippen LogP contribution in [0.3, 0.4) is 0 Å². The molecule has 1 fully saturated rings. The molecule has 1 aromatic rings. The molecule has 1 aliphatic heterocycles. The van der Waals surface area contributed by atoms with Gasteiger partial charge in [0.25, 0.3) is 0 Å². The van der Waals surface area contributed by atoms with E-state index in [-0.39, 0.29) is 12.1 Å². The Hall–Kier alpha value is -1.11. The van der Waals surface area contributed by atoms with Crippen molar-refractivity contribution in [2.24, 2.45) is 5.73 Å². The number of hydrogen-bond acceptors (Lipinski definition) is 5. The molecule has 0 saturated carbocycles. The van der Waals surface area contributed by atoms with Crippen LogP contribution in [0, 0.1) is 0 Å². The second-order valence-corrected chi connectivity index (χ2v) is 6.67. The zero-order valence-corrected chi connectivity index (χ0v) is 13.4. The van der Waals surface area contributed by atoms with Crippen molar-refractivity contribution >= 4 is 10.8 Å².